The largest absolute Gasteiger partial charge is 0.444 e. The van der Waals surface area contributed by atoms with Gasteiger partial charge in [0, 0.05) is 24.4 Å². The van der Waals surface area contributed by atoms with Gasteiger partial charge >= 0.3 is 6.09 Å². The fourth-order valence-electron chi connectivity index (χ4n) is 2.82. The Morgan fingerprint density at radius 3 is 2.79 bits per heavy atom. The molecule has 24 heavy (non-hydrogen) atoms. The number of nitrogens with one attached hydrogen (secondary N) is 1. The summed E-state index contributed by atoms with van der Waals surface area (Å²) in [7, 11) is 0. The first-order valence-corrected chi connectivity index (χ1v) is 9.04. The number of carbonyl (C=O) groups is 1. The van der Waals surface area contributed by atoms with E-state index in [4.69, 9.17) is 4.74 Å². The minimum absolute atomic E-state index is 0.466. The second kappa shape index (κ2) is 6.81. The number of rotatable bonds is 3. The summed E-state index contributed by atoms with van der Waals surface area (Å²) in [5, 5.41) is 5.26. The second-order valence-corrected chi connectivity index (χ2v) is 7.84. The van der Waals surface area contributed by atoms with Crippen molar-refractivity contribution in [1.82, 2.24) is 4.98 Å². The van der Waals surface area contributed by atoms with Gasteiger partial charge in [0.2, 0.25) is 0 Å². The number of benzene rings is 1. The van der Waals surface area contributed by atoms with Crippen LogP contribution in [0.4, 0.5) is 15.7 Å². The van der Waals surface area contributed by atoms with Gasteiger partial charge in [0.25, 0.3) is 0 Å². The maximum Gasteiger partial charge on any atom is 0.413 e. The van der Waals surface area contributed by atoms with Crippen molar-refractivity contribution in [2.45, 2.75) is 38.7 Å². The maximum atomic E-state index is 11.8. The van der Waals surface area contributed by atoms with Crippen LogP contribution >= 0.6 is 11.3 Å². The first kappa shape index (κ1) is 16.8. The third kappa shape index (κ3) is 4.26. The van der Waals surface area contributed by atoms with Crippen LogP contribution in [0.25, 0.3) is 0 Å². The maximum absolute atomic E-state index is 11.8. The van der Waals surface area contributed by atoms with Crippen LogP contribution in [-0.4, -0.2) is 29.8 Å². The predicted molar refractivity (Wildman–Crippen MR) is 98.0 cm³/mol. The van der Waals surface area contributed by atoms with Gasteiger partial charge < -0.3 is 9.64 Å². The number of carbonyl (C=O) groups excluding carboxylic acids is 1. The lowest BCUT2D eigenvalue weighted by atomic mass is 9.99. The smallest absolute Gasteiger partial charge is 0.413 e. The summed E-state index contributed by atoms with van der Waals surface area (Å²) in [6.07, 6.45) is 0.656. The summed E-state index contributed by atoms with van der Waals surface area (Å²) in [4.78, 5) is 18.6. The van der Waals surface area contributed by atoms with E-state index < -0.39 is 11.7 Å². The van der Waals surface area contributed by atoms with Crippen LogP contribution in [0.3, 0.4) is 0 Å². The number of thiazole rings is 1. The zero-order valence-electron chi connectivity index (χ0n) is 14.3. The summed E-state index contributed by atoms with van der Waals surface area (Å²) in [6.45, 7) is 7.46. The lowest BCUT2D eigenvalue weighted by Crippen LogP contribution is -2.27. The lowest BCUT2D eigenvalue weighted by Gasteiger charge is -2.19. The highest BCUT2D eigenvalue weighted by Gasteiger charge is 2.25. The quantitative estimate of drug-likeness (QED) is 0.891. The lowest BCUT2D eigenvalue weighted by molar-refractivity contribution is 0.0636. The van der Waals surface area contributed by atoms with Crippen molar-refractivity contribution in [1.29, 1.82) is 0 Å². The Hall–Kier alpha value is -2.08. The number of hydrogen-bond donors (Lipinski definition) is 1. The molecule has 1 saturated heterocycles. The number of anilines is 2. The minimum atomic E-state index is -0.512. The number of hydrogen-bond acceptors (Lipinski definition) is 5. The van der Waals surface area contributed by atoms with Crippen molar-refractivity contribution in [2.75, 3.05) is 23.3 Å². The molecule has 0 spiro atoms. The van der Waals surface area contributed by atoms with Gasteiger partial charge in [0.15, 0.2) is 5.13 Å². The number of aromatic nitrogens is 1. The zero-order valence-corrected chi connectivity index (χ0v) is 15.1. The van der Waals surface area contributed by atoms with Crippen LogP contribution < -0.4 is 10.2 Å². The van der Waals surface area contributed by atoms with E-state index in [1.165, 1.54) is 16.9 Å². The molecule has 1 atom stereocenters. The Balaban J connectivity index is 1.59. The Morgan fingerprint density at radius 2 is 2.08 bits per heavy atom. The molecule has 1 N–H and O–H groups in total. The highest BCUT2D eigenvalue weighted by molar-refractivity contribution is 7.14. The van der Waals surface area contributed by atoms with Crippen molar-refractivity contribution in [3.8, 4) is 0 Å². The molecule has 2 heterocycles. The normalized spacial score (nSPS) is 17.8. The molecule has 1 aliphatic heterocycles. The van der Waals surface area contributed by atoms with Gasteiger partial charge in [-0.25, -0.2) is 9.78 Å². The summed E-state index contributed by atoms with van der Waals surface area (Å²) >= 11 is 1.42. The molecular formula is C18H23N3O2S. The van der Waals surface area contributed by atoms with Crippen LogP contribution in [0.15, 0.2) is 35.7 Å². The van der Waals surface area contributed by atoms with Gasteiger partial charge in [-0.05, 0) is 32.8 Å². The van der Waals surface area contributed by atoms with Gasteiger partial charge in [-0.1, -0.05) is 30.3 Å². The van der Waals surface area contributed by atoms with Crippen molar-refractivity contribution in [2.24, 2.45) is 0 Å². The minimum Gasteiger partial charge on any atom is -0.444 e. The summed E-state index contributed by atoms with van der Waals surface area (Å²) < 4.78 is 5.25. The molecule has 0 radical (unpaired) electrons. The molecule has 6 heteroatoms. The second-order valence-electron chi connectivity index (χ2n) is 6.98. The average Bonchev–Trinajstić information content (AvgIpc) is 3.15. The third-order valence-corrected chi connectivity index (χ3v) is 4.63. The standard InChI is InChI=1S/C18H23N3O2S/c1-18(2,3)23-17(22)20-16-19-15(12-24-16)21-10-9-14(11-21)13-7-5-4-6-8-13/h4-8,12,14H,9-11H2,1-3H3,(H,19,20,22). The fraction of sp³-hybridized carbons (Fsp3) is 0.444. The molecule has 1 aliphatic rings. The number of ether oxygens (including phenoxy) is 1. The van der Waals surface area contributed by atoms with Gasteiger partial charge in [0.1, 0.15) is 11.4 Å². The highest BCUT2D eigenvalue weighted by atomic mass is 32.1. The molecular weight excluding hydrogens is 322 g/mol. The number of nitrogens with zero attached hydrogens (tertiary/aromatic N) is 2. The molecule has 2 aromatic rings. The third-order valence-electron chi connectivity index (χ3n) is 3.88. The molecule has 0 aliphatic carbocycles. The highest BCUT2D eigenvalue weighted by Crippen LogP contribution is 2.32. The molecule has 128 valence electrons. The van der Waals surface area contributed by atoms with Gasteiger partial charge in [-0.3, -0.25) is 5.32 Å². The zero-order chi connectivity index (χ0) is 17.2. The molecule has 1 aromatic heterocycles. The first-order valence-electron chi connectivity index (χ1n) is 8.16. The van der Waals surface area contributed by atoms with Crippen molar-refractivity contribution in [3.05, 3.63) is 41.3 Å². The van der Waals surface area contributed by atoms with E-state index in [9.17, 15) is 4.79 Å². The van der Waals surface area contributed by atoms with E-state index in [2.05, 4.69) is 39.5 Å². The fourth-order valence-corrected chi connectivity index (χ4v) is 3.53. The van der Waals surface area contributed by atoms with E-state index in [0.29, 0.717) is 11.0 Å². The van der Waals surface area contributed by atoms with E-state index in [0.717, 1.165) is 25.3 Å². The molecule has 0 saturated carbocycles. The predicted octanol–water partition coefficient (Wildman–Crippen LogP) is 4.48. The summed E-state index contributed by atoms with van der Waals surface area (Å²) in [5.74, 6) is 1.46. The van der Waals surface area contributed by atoms with E-state index in [1.807, 2.05) is 32.2 Å². The summed E-state index contributed by atoms with van der Waals surface area (Å²) in [6, 6.07) is 10.6. The molecule has 1 unspecified atom stereocenters. The van der Waals surface area contributed by atoms with Gasteiger partial charge in [0.05, 0.1) is 0 Å². The van der Waals surface area contributed by atoms with Crippen LogP contribution in [0.1, 0.15) is 38.7 Å². The molecule has 5 nitrogen and oxygen atoms in total. The Bertz CT molecular complexity index is 694. The van der Waals surface area contributed by atoms with Crippen LogP contribution in [-0.2, 0) is 4.74 Å². The topological polar surface area (TPSA) is 54.5 Å². The molecule has 3 rings (SSSR count). The Kier molecular flexibility index (Phi) is 4.76. The van der Waals surface area contributed by atoms with Crippen molar-refractivity contribution < 1.29 is 9.53 Å². The summed E-state index contributed by atoms with van der Waals surface area (Å²) in [5.41, 5.74) is 0.865. The van der Waals surface area contributed by atoms with Crippen molar-refractivity contribution in [3.63, 3.8) is 0 Å². The number of amides is 1. The molecule has 0 bridgehead atoms. The van der Waals surface area contributed by atoms with Crippen LogP contribution in [0.5, 0.6) is 0 Å². The van der Waals surface area contributed by atoms with Crippen LogP contribution in [0.2, 0.25) is 0 Å². The van der Waals surface area contributed by atoms with E-state index in [-0.39, 0.29) is 0 Å². The monoisotopic (exact) mass is 345 g/mol. The molecule has 1 amide bonds. The first-order chi connectivity index (χ1) is 11.4. The SMILES string of the molecule is CC(C)(C)OC(=O)Nc1nc(N2CCC(c3ccccc3)C2)cs1. The van der Waals surface area contributed by atoms with E-state index >= 15 is 0 Å². The average molecular weight is 345 g/mol. The Labute approximate surface area is 146 Å². The van der Waals surface area contributed by atoms with Crippen molar-refractivity contribution >= 4 is 28.4 Å². The molecule has 1 aromatic carbocycles. The Morgan fingerprint density at radius 1 is 1.33 bits per heavy atom. The van der Waals surface area contributed by atoms with Gasteiger partial charge in [-0.2, -0.15) is 0 Å². The van der Waals surface area contributed by atoms with Gasteiger partial charge in [-0.15, -0.1) is 11.3 Å². The molecule has 1 fully saturated rings. The van der Waals surface area contributed by atoms with E-state index in [1.54, 1.807) is 0 Å². The van der Waals surface area contributed by atoms with Crippen LogP contribution in [0, 0.1) is 0 Å².